The van der Waals surface area contributed by atoms with E-state index in [2.05, 4.69) is 4.98 Å². The molecule has 0 N–H and O–H groups in total. The molecule has 13 heavy (non-hydrogen) atoms. The van der Waals surface area contributed by atoms with Gasteiger partial charge in [-0.3, -0.25) is 9.78 Å². The van der Waals surface area contributed by atoms with Crippen molar-refractivity contribution in [3.05, 3.63) is 30.1 Å². The molecule has 0 radical (unpaired) electrons. The molecule has 1 aromatic rings. The SMILES string of the molecule is CN(C)C(=O)CCc1ccccn1. The summed E-state index contributed by atoms with van der Waals surface area (Å²) in [7, 11) is 3.53. The monoisotopic (exact) mass is 178 g/mol. The van der Waals surface area contributed by atoms with Crippen LogP contribution in [0.15, 0.2) is 24.4 Å². The van der Waals surface area contributed by atoms with Gasteiger partial charge in [-0.2, -0.15) is 0 Å². The number of nitrogens with zero attached hydrogens (tertiary/aromatic N) is 2. The molecule has 3 nitrogen and oxygen atoms in total. The summed E-state index contributed by atoms with van der Waals surface area (Å²) in [6.07, 6.45) is 3.00. The van der Waals surface area contributed by atoms with Crippen LogP contribution in [0, 0.1) is 0 Å². The number of carbonyl (C=O) groups excluding carboxylic acids is 1. The van der Waals surface area contributed by atoms with E-state index in [4.69, 9.17) is 0 Å². The summed E-state index contributed by atoms with van der Waals surface area (Å²) in [6.45, 7) is 0. The number of aromatic nitrogens is 1. The van der Waals surface area contributed by atoms with Crippen molar-refractivity contribution in [2.45, 2.75) is 12.8 Å². The largest absolute Gasteiger partial charge is 0.349 e. The number of amides is 1. The number of pyridine rings is 1. The molecule has 0 aromatic carbocycles. The molecule has 70 valence electrons. The average Bonchev–Trinajstić information content (AvgIpc) is 2.15. The van der Waals surface area contributed by atoms with Gasteiger partial charge in [0.25, 0.3) is 0 Å². The molecule has 0 fully saturated rings. The Hall–Kier alpha value is -1.38. The molecule has 1 aromatic heterocycles. The van der Waals surface area contributed by atoms with Crippen LogP contribution in [0.4, 0.5) is 0 Å². The predicted molar refractivity (Wildman–Crippen MR) is 51.3 cm³/mol. The Bertz CT molecular complexity index is 270. The van der Waals surface area contributed by atoms with E-state index in [9.17, 15) is 4.79 Å². The molecule has 1 heterocycles. The van der Waals surface area contributed by atoms with Crippen LogP contribution in [0.25, 0.3) is 0 Å². The van der Waals surface area contributed by atoms with Gasteiger partial charge in [-0.1, -0.05) is 6.07 Å². The second-order valence-corrected chi connectivity index (χ2v) is 3.11. The van der Waals surface area contributed by atoms with Crippen molar-refractivity contribution in [3.63, 3.8) is 0 Å². The summed E-state index contributed by atoms with van der Waals surface area (Å²) in [5.41, 5.74) is 0.970. The minimum Gasteiger partial charge on any atom is -0.349 e. The number of rotatable bonds is 3. The van der Waals surface area contributed by atoms with Gasteiger partial charge in [0.15, 0.2) is 0 Å². The van der Waals surface area contributed by atoms with Gasteiger partial charge in [-0.05, 0) is 18.6 Å². The van der Waals surface area contributed by atoms with E-state index in [0.29, 0.717) is 6.42 Å². The van der Waals surface area contributed by atoms with Gasteiger partial charge >= 0.3 is 0 Å². The highest BCUT2D eigenvalue weighted by molar-refractivity contribution is 5.75. The molecule has 0 aliphatic rings. The molecule has 0 unspecified atom stereocenters. The molecule has 1 rings (SSSR count). The highest BCUT2D eigenvalue weighted by atomic mass is 16.2. The van der Waals surface area contributed by atoms with Crippen LogP contribution in [-0.4, -0.2) is 29.9 Å². The molecule has 0 saturated carbocycles. The Morgan fingerprint density at radius 3 is 2.77 bits per heavy atom. The lowest BCUT2D eigenvalue weighted by molar-refractivity contribution is -0.128. The number of hydrogen-bond acceptors (Lipinski definition) is 2. The first-order chi connectivity index (χ1) is 6.20. The van der Waals surface area contributed by atoms with Crippen molar-refractivity contribution in [1.29, 1.82) is 0 Å². The van der Waals surface area contributed by atoms with E-state index in [0.717, 1.165) is 12.1 Å². The normalized spacial score (nSPS) is 9.69. The number of aryl methyl sites for hydroxylation is 1. The fraction of sp³-hybridized carbons (Fsp3) is 0.400. The van der Waals surface area contributed by atoms with Gasteiger partial charge in [-0.15, -0.1) is 0 Å². The lowest BCUT2D eigenvalue weighted by Crippen LogP contribution is -2.21. The van der Waals surface area contributed by atoms with Gasteiger partial charge in [-0.25, -0.2) is 0 Å². The summed E-state index contributed by atoms with van der Waals surface area (Å²) < 4.78 is 0. The third-order valence-electron chi connectivity index (χ3n) is 1.82. The molecule has 3 heteroatoms. The fourth-order valence-corrected chi connectivity index (χ4v) is 1.00. The Morgan fingerprint density at radius 2 is 2.23 bits per heavy atom. The first-order valence-corrected chi connectivity index (χ1v) is 4.30. The summed E-state index contributed by atoms with van der Waals surface area (Å²) in [5, 5.41) is 0. The second-order valence-electron chi connectivity index (χ2n) is 3.11. The quantitative estimate of drug-likeness (QED) is 0.694. The molecular weight excluding hydrogens is 164 g/mol. The van der Waals surface area contributed by atoms with Crippen LogP contribution in [0.1, 0.15) is 12.1 Å². The third kappa shape index (κ3) is 3.23. The van der Waals surface area contributed by atoms with E-state index >= 15 is 0 Å². The van der Waals surface area contributed by atoms with Crippen molar-refractivity contribution in [3.8, 4) is 0 Å². The maximum absolute atomic E-state index is 11.2. The topological polar surface area (TPSA) is 33.2 Å². The van der Waals surface area contributed by atoms with E-state index in [1.54, 1.807) is 25.2 Å². The minimum absolute atomic E-state index is 0.144. The Morgan fingerprint density at radius 1 is 1.46 bits per heavy atom. The van der Waals surface area contributed by atoms with Crippen LogP contribution >= 0.6 is 0 Å². The zero-order valence-electron chi connectivity index (χ0n) is 8.03. The zero-order chi connectivity index (χ0) is 9.68. The first kappa shape index (κ1) is 9.71. The second kappa shape index (κ2) is 4.60. The van der Waals surface area contributed by atoms with E-state index in [-0.39, 0.29) is 5.91 Å². The van der Waals surface area contributed by atoms with Crippen molar-refractivity contribution < 1.29 is 4.79 Å². The minimum atomic E-state index is 0.144. The van der Waals surface area contributed by atoms with E-state index < -0.39 is 0 Å². The van der Waals surface area contributed by atoms with Gasteiger partial charge < -0.3 is 4.90 Å². The average molecular weight is 178 g/mol. The molecule has 0 aliphatic heterocycles. The Kier molecular flexibility index (Phi) is 3.43. The van der Waals surface area contributed by atoms with Gasteiger partial charge in [0.05, 0.1) is 0 Å². The first-order valence-electron chi connectivity index (χ1n) is 4.30. The van der Waals surface area contributed by atoms with Crippen molar-refractivity contribution in [1.82, 2.24) is 9.88 Å². The summed E-state index contributed by atoms with van der Waals surface area (Å²) in [4.78, 5) is 17.0. The zero-order valence-corrected chi connectivity index (χ0v) is 8.03. The predicted octanol–water partition coefficient (Wildman–Crippen LogP) is 1.10. The highest BCUT2D eigenvalue weighted by Gasteiger charge is 2.03. The molecule has 0 spiro atoms. The van der Waals surface area contributed by atoms with E-state index in [1.165, 1.54) is 0 Å². The van der Waals surface area contributed by atoms with E-state index in [1.807, 2.05) is 18.2 Å². The Balaban J connectivity index is 2.40. The van der Waals surface area contributed by atoms with Crippen LogP contribution in [0.3, 0.4) is 0 Å². The highest BCUT2D eigenvalue weighted by Crippen LogP contribution is 1.99. The van der Waals surface area contributed by atoms with Crippen LogP contribution < -0.4 is 0 Å². The molecule has 1 amide bonds. The third-order valence-corrected chi connectivity index (χ3v) is 1.82. The van der Waals surface area contributed by atoms with Crippen LogP contribution in [0.2, 0.25) is 0 Å². The smallest absolute Gasteiger partial charge is 0.222 e. The van der Waals surface area contributed by atoms with Crippen molar-refractivity contribution in [2.75, 3.05) is 14.1 Å². The van der Waals surface area contributed by atoms with Gasteiger partial charge in [0.1, 0.15) is 0 Å². The Labute approximate surface area is 78.4 Å². The summed E-state index contributed by atoms with van der Waals surface area (Å²) >= 11 is 0. The van der Waals surface area contributed by atoms with Crippen molar-refractivity contribution >= 4 is 5.91 Å². The number of carbonyl (C=O) groups is 1. The molecule has 0 bridgehead atoms. The maximum Gasteiger partial charge on any atom is 0.222 e. The molecular formula is C10H14N2O. The number of hydrogen-bond donors (Lipinski definition) is 0. The molecule has 0 atom stereocenters. The van der Waals surface area contributed by atoms with Crippen LogP contribution in [-0.2, 0) is 11.2 Å². The van der Waals surface area contributed by atoms with Crippen molar-refractivity contribution in [2.24, 2.45) is 0 Å². The summed E-state index contributed by atoms with van der Waals surface area (Å²) in [5.74, 6) is 0.144. The van der Waals surface area contributed by atoms with Gasteiger partial charge in [0.2, 0.25) is 5.91 Å². The maximum atomic E-state index is 11.2. The van der Waals surface area contributed by atoms with Crippen LogP contribution in [0.5, 0.6) is 0 Å². The van der Waals surface area contributed by atoms with Gasteiger partial charge in [0, 0.05) is 32.4 Å². The fourth-order valence-electron chi connectivity index (χ4n) is 1.00. The standard InChI is InChI=1S/C10H14N2O/c1-12(2)10(13)7-6-9-5-3-4-8-11-9/h3-5,8H,6-7H2,1-2H3. The lowest BCUT2D eigenvalue weighted by atomic mass is 10.2. The summed E-state index contributed by atoms with van der Waals surface area (Å²) in [6, 6.07) is 5.74. The molecule has 0 saturated heterocycles. The molecule has 0 aliphatic carbocycles. The lowest BCUT2D eigenvalue weighted by Gasteiger charge is -2.09.